The molecule has 1 saturated heterocycles. The van der Waals surface area contributed by atoms with Gasteiger partial charge in [-0.05, 0) is 16.5 Å². The second-order valence-corrected chi connectivity index (χ2v) is 8.27. The number of hydrogen-bond acceptors (Lipinski definition) is 4. The number of hydrogen-bond donors (Lipinski definition) is 0. The maximum atomic E-state index is 13.4. The van der Waals surface area contributed by atoms with Crippen LogP contribution in [0, 0.1) is 11.3 Å². The summed E-state index contributed by atoms with van der Waals surface area (Å²) < 4.78 is 0. The largest absolute Gasteiger partial charge is 0.335 e. The first-order valence-electron chi connectivity index (χ1n) is 11.1. The summed E-state index contributed by atoms with van der Waals surface area (Å²) in [6.07, 6.45) is 3.40. The molecule has 1 aliphatic heterocycles. The summed E-state index contributed by atoms with van der Waals surface area (Å²) in [7, 11) is 0. The van der Waals surface area contributed by atoms with E-state index in [2.05, 4.69) is 40.2 Å². The molecule has 0 radical (unpaired) electrons. The first-order chi connectivity index (χ1) is 16.3. The van der Waals surface area contributed by atoms with E-state index in [1.54, 1.807) is 17.3 Å². The lowest BCUT2D eigenvalue weighted by molar-refractivity contribution is 0.0501. The third-order valence-corrected chi connectivity index (χ3v) is 6.32. The quantitative estimate of drug-likeness (QED) is 0.470. The molecule has 0 aliphatic carbocycles. The minimum atomic E-state index is -0.420. The number of benzene rings is 3. The third kappa shape index (κ3) is 4.09. The smallest absolute Gasteiger partial charge is 0.256 e. The Morgan fingerprint density at radius 1 is 0.879 bits per heavy atom. The number of fused-ring (bicyclic) bond motifs is 1. The van der Waals surface area contributed by atoms with E-state index >= 15 is 0 Å². The molecular formula is C28H24N4O. The number of carbonyl (C=O) groups is 1. The first kappa shape index (κ1) is 20.9. The predicted molar refractivity (Wildman–Crippen MR) is 128 cm³/mol. The fraction of sp³-hybridized carbons (Fsp3) is 0.179. The van der Waals surface area contributed by atoms with Gasteiger partial charge in [-0.15, -0.1) is 0 Å². The minimum absolute atomic E-state index is 0.0477. The van der Waals surface area contributed by atoms with Gasteiger partial charge in [0.15, 0.2) is 0 Å². The number of piperazine rings is 1. The Hall–Kier alpha value is -4.01. The molecule has 0 bridgehead atoms. The molecule has 5 heteroatoms. The summed E-state index contributed by atoms with van der Waals surface area (Å²) in [5.41, 5.74) is 2.87. The highest BCUT2D eigenvalue weighted by Crippen LogP contribution is 2.32. The molecule has 0 unspecified atom stereocenters. The Bertz CT molecular complexity index is 1260. The van der Waals surface area contributed by atoms with Crippen LogP contribution in [0.5, 0.6) is 0 Å². The zero-order chi connectivity index (χ0) is 22.6. The standard InChI is InChI=1S/C28H24N4O/c29-17-24-20-31(28(33)26-19-30-18-23-13-7-8-14-25(23)26)15-16-32(24)27(21-9-3-1-4-10-21)22-11-5-2-6-12-22/h1-14,18-19,24,27H,15-16,20H2/t24-/m0/s1. The molecule has 1 atom stereocenters. The van der Waals surface area contributed by atoms with Gasteiger partial charge < -0.3 is 4.90 Å². The molecule has 33 heavy (non-hydrogen) atoms. The molecule has 0 N–H and O–H groups in total. The molecular weight excluding hydrogens is 408 g/mol. The van der Waals surface area contributed by atoms with Crippen molar-refractivity contribution in [3.05, 3.63) is 114 Å². The molecule has 4 aromatic rings. The van der Waals surface area contributed by atoms with Crippen molar-refractivity contribution in [3.8, 4) is 6.07 Å². The number of nitriles is 1. The first-order valence-corrected chi connectivity index (χ1v) is 11.1. The summed E-state index contributed by atoms with van der Waals surface area (Å²) in [6, 6.07) is 30.3. The van der Waals surface area contributed by atoms with Gasteiger partial charge in [0.2, 0.25) is 0 Å². The van der Waals surface area contributed by atoms with Crippen LogP contribution < -0.4 is 0 Å². The number of pyridine rings is 1. The van der Waals surface area contributed by atoms with Gasteiger partial charge in [-0.2, -0.15) is 5.26 Å². The van der Waals surface area contributed by atoms with Gasteiger partial charge in [0.05, 0.1) is 17.7 Å². The SMILES string of the molecule is N#C[C@H]1CN(C(=O)c2cncc3ccccc23)CCN1C(c1ccccc1)c1ccccc1. The van der Waals surface area contributed by atoms with Gasteiger partial charge in [-0.1, -0.05) is 84.9 Å². The van der Waals surface area contributed by atoms with Gasteiger partial charge in [0.1, 0.15) is 6.04 Å². The van der Waals surface area contributed by atoms with E-state index in [4.69, 9.17) is 0 Å². The van der Waals surface area contributed by atoms with Crippen LogP contribution >= 0.6 is 0 Å². The lowest BCUT2D eigenvalue weighted by Gasteiger charge is -2.42. The van der Waals surface area contributed by atoms with Crippen molar-refractivity contribution in [1.29, 1.82) is 5.26 Å². The zero-order valence-electron chi connectivity index (χ0n) is 18.2. The molecule has 5 nitrogen and oxygen atoms in total. The van der Waals surface area contributed by atoms with Crippen molar-refractivity contribution in [2.75, 3.05) is 19.6 Å². The Morgan fingerprint density at radius 2 is 1.52 bits per heavy atom. The summed E-state index contributed by atoms with van der Waals surface area (Å²) in [6.45, 7) is 1.52. The van der Waals surface area contributed by atoms with Crippen LogP contribution in [0.3, 0.4) is 0 Å². The second kappa shape index (κ2) is 9.23. The molecule has 2 heterocycles. The normalized spacial score (nSPS) is 16.6. The van der Waals surface area contributed by atoms with Crippen molar-refractivity contribution in [3.63, 3.8) is 0 Å². The summed E-state index contributed by atoms with van der Waals surface area (Å²) in [4.78, 5) is 21.7. The number of amides is 1. The van der Waals surface area contributed by atoms with Crippen LogP contribution in [0.1, 0.15) is 27.5 Å². The summed E-state index contributed by atoms with van der Waals surface area (Å²) >= 11 is 0. The average Bonchev–Trinajstić information content (AvgIpc) is 2.89. The number of nitrogens with zero attached hydrogens (tertiary/aromatic N) is 4. The molecule has 1 fully saturated rings. The maximum absolute atomic E-state index is 13.4. The number of aromatic nitrogens is 1. The zero-order valence-corrected chi connectivity index (χ0v) is 18.2. The Kier molecular flexibility index (Phi) is 5.84. The highest BCUT2D eigenvalue weighted by molar-refractivity contribution is 6.06. The Morgan fingerprint density at radius 3 is 2.18 bits per heavy atom. The van der Waals surface area contributed by atoms with Gasteiger partial charge in [-0.25, -0.2) is 0 Å². The van der Waals surface area contributed by atoms with Gasteiger partial charge in [-0.3, -0.25) is 14.7 Å². The fourth-order valence-corrected chi connectivity index (χ4v) is 4.71. The fourth-order valence-electron chi connectivity index (χ4n) is 4.71. The maximum Gasteiger partial charge on any atom is 0.256 e. The number of rotatable bonds is 4. The van der Waals surface area contributed by atoms with Crippen LogP contribution in [-0.2, 0) is 0 Å². The molecule has 162 valence electrons. The van der Waals surface area contributed by atoms with E-state index < -0.39 is 6.04 Å². The van der Waals surface area contributed by atoms with Crippen molar-refractivity contribution in [2.45, 2.75) is 12.1 Å². The Labute approximate surface area is 193 Å². The van der Waals surface area contributed by atoms with Crippen LogP contribution in [-0.4, -0.2) is 46.4 Å². The van der Waals surface area contributed by atoms with Crippen LogP contribution in [0.2, 0.25) is 0 Å². The van der Waals surface area contributed by atoms with E-state index in [0.717, 1.165) is 21.9 Å². The second-order valence-electron chi connectivity index (χ2n) is 8.27. The molecule has 0 saturated carbocycles. The highest BCUT2D eigenvalue weighted by Gasteiger charge is 2.35. The van der Waals surface area contributed by atoms with E-state index in [9.17, 15) is 10.1 Å². The predicted octanol–water partition coefficient (Wildman–Crippen LogP) is 4.67. The van der Waals surface area contributed by atoms with Crippen molar-refractivity contribution >= 4 is 16.7 Å². The Balaban J connectivity index is 1.45. The molecule has 1 aromatic heterocycles. The average molecular weight is 433 g/mol. The van der Waals surface area contributed by atoms with Gasteiger partial charge in [0, 0.05) is 37.4 Å². The molecule has 3 aromatic carbocycles. The van der Waals surface area contributed by atoms with Crippen LogP contribution in [0.25, 0.3) is 10.8 Å². The van der Waals surface area contributed by atoms with Gasteiger partial charge in [0.25, 0.3) is 5.91 Å². The van der Waals surface area contributed by atoms with Crippen molar-refractivity contribution < 1.29 is 4.79 Å². The number of carbonyl (C=O) groups excluding carboxylic acids is 1. The molecule has 1 amide bonds. The molecule has 5 rings (SSSR count). The highest BCUT2D eigenvalue weighted by atomic mass is 16.2. The van der Waals surface area contributed by atoms with Crippen molar-refractivity contribution in [2.24, 2.45) is 0 Å². The lowest BCUT2D eigenvalue weighted by atomic mass is 9.94. The van der Waals surface area contributed by atoms with Crippen LogP contribution in [0.15, 0.2) is 97.3 Å². The van der Waals surface area contributed by atoms with Crippen molar-refractivity contribution in [1.82, 2.24) is 14.8 Å². The van der Waals surface area contributed by atoms with E-state index in [1.165, 1.54) is 0 Å². The topological polar surface area (TPSA) is 60.2 Å². The van der Waals surface area contributed by atoms with E-state index in [-0.39, 0.29) is 11.9 Å². The van der Waals surface area contributed by atoms with Gasteiger partial charge >= 0.3 is 0 Å². The van der Waals surface area contributed by atoms with E-state index in [1.807, 2.05) is 60.7 Å². The lowest BCUT2D eigenvalue weighted by Crippen LogP contribution is -2.55. The molecule has 1 aliphatic rings. The summed E-state index contributed by atoms with van der Waals surface area (Å²) in [5, 5.41) is 11.9. The minimum Gasteiger partial charge on any atom is -0.335 e. The monoisotopic (exact) mass is 432 g/mol. The summed E-state index contributed by atoms with van der Waals surface area (Å²) in [5.74, 6) is -0.0739. The van der Waals surface area contributed by atoms with E-state index in [0.29, 0.717) is 25.2 Å². The van der Waals surface area contributed by atoms with Crippen LogP contribution in [0.4, 0.5) is 0 Å². The third-order valence-electron chi connectivity index (χ3n) is 6.32. The molecule has 0 spiro atoms.